The number of rotatable bonds is 4. The van der Waals surface area contributed by atoms with Gasteiger partial charge in [0.15, 0.2) is 5.58 Å². The first-order chi connectivity index (χ1) is 6.90. The molecule has 2 aromatic rings. The maximum Gasteiger partial charge on any atom is 0.230 e. The number of aromatic nitrogens is 1. The fourth-order valence-electron chi connectivity index (χ4n) is 1.17. The Bertz CT molecular complexity index is 438. The van der Waals surface area contributed by atoms with Crippen LogP contribution in [0.15, 0.2) is 28.9 Å². The second-order valence-corrected chi connectivity index (χ2v) is 2.72. The van der Waals surface area contributed by atoms with Crippen LogP contribution in [0.4, 0.5) is 0 Å². The van der Waals surface area contributed by atoms with E-state index in [2.05, 4.69) is 10.6 Å². The zero-order valence-electron chi connectivity index (χ0n) is 7.27. The molecule has 1 heterocycles. The van der Waals surface area contributed by atoms with E-state index in [1.54, 1.807) is 6.20 Å². The maximum absolute atomic E-state index is 9.91. The lowest BCUT2D eigenvalue weighted by Crippen LogP contribution is -2.10. The first kappa shape index (κ1) is 8.71. The number of hydrogen-bond donors (Lipinski definition) is 1. The van der Waals surface area contributed by atoms with Crippen molar-refractivity contribution in [1.82, 2.24) is 10.6 Å². The minimum absolute atomic E-state index is 0.319. The van der Waals surface area contributed by atoms with E-state index >= 15 is 0 Å². The van der Waals surface area contributed by atoms with Crippen molar-refractivity contribution in [2.24, 2.45) is 0 Å². The van der Waals surface area contributed by atoms with Gasteiger partial charge in [-0.15, -0.1) is 0 Å². The van der Waals surface area contributed by atoms with Gasteiger partial charge in [0.1, 0.15) is 0 Å². The fourth-order valence-corrected chi connectivity index (χ4v) is 1.17. The Morgan fingerprint density at radius 2 is 2.50 bits per heavy atom. The largest absolute Gasteiger partial charge is 0.356 e. The van der Waals surface area contributed by atoms with Crippen LogP contribution in [0.3, 0.4) is 0 Å². The smallest absolute Gasteiger partial charge is 0.230 e. The maximum atomic E-state index is 9.91. The number of hydroxylamine groups is 1. The molecule has 0 spiro atoms. The van der Waals surface area contributed by atoms with Gasteiger partial charge in [-0.25, -0.2) is 5.48 Å². The highest BCUT2D eigenvalue weighted by molar-refractivity contribution is 5.76. The van der Waals surface area contributed by atoms with Gasteiger partial charge in [0.05, 0.1) is 12.8 Å². The minimum atomic E-state index is 0.319. The van der Waals surface area contributed by atoms with Crippen LogP contribution < -0.4 is 5.48 Å². The van der Waals surface area contributed by atoms with Crippen LogP contribution in [0.5, 0.6) is 0 Å². The molecule has 1 amide bonds. The van der Waals surface area contributed by atoms with Crippen molar-refractivity contribution in [3.63, 3.8) is 0 Å². The van der Waals surface area contributed by atoms with E-state index in [1.807, 2.05) is 18.2 Å². The van der Waals surface area contributed by atoms with Crippen LogP contribution >= 0.6 is 0 Å². The number of benzene rings is 1. The Balaban J connectivity index is 2.13. The van der Waals surface area contributed by atoms with E-state index in [4.69, 9.17) is 9.36 Å². The molecule has 0 saturated heterocycles. The number of amides is 1. The second-order valence-electron chi connectivity index (χ2n) is 2.72. The summed E-state index contributed by atoms with van der Waals surface area (Å²) in [6.07, 6.45) is 2.12. The lowest BCUT2D eigenvalue weighted by atomic mass is 10.2. The Morgan fingerprint density at radius 1 is 1.57 bits per heavy atom. The zero-order chi connectivity index (χ0) is 9.80. The van der Waals surface area contributed by atoms with Crippen molar-refractivity contribution in [3.8, 4) is 0 Å². The quantitative estimate of drug-likeness (QED) is 0.446. The van der Waals surface area contributed by atoms with Gasteiger partial charge in [-0.1, -0.05) is 11.2 Å². The molecular formula is C9H8N2O3. The summed E-state index contributed by atoms with van der Waals surface area (Å²) in [6, 6.07) is 5.54. The van der Waals surface area contributed by atoms with Gasteiger partial charge in [0.25, 0.3) is 0 Å². The molecule has 0 bridgehead atoms. The number of carbonyl (C=O) groups excluding carboxylic acids is 1. The number of carbonyl (C=O) groups is 1. The predicted octanol–water partition coefficient (Wildman–Crippen LogP) is 1.01. The number of nitrogens with zero attached hydrogens (tertiary/aromatic N) is 1. The molecule has 1 aromatic heterocycles. The van der Waals surface area contributed by atoms with E-state index < -0.39 is 0 Å². The molecule has 1 aromatic carbocycles. The van der Waals surface area contributed by atoms with Gasteiger partial charge in [0, 0.05) is 5.39 Å². The SMILES string of the molecule is O=CNOCc1ccc2oncc2c1. The van der Waals surface area contributed by atoms with Crippen LogP contribution in [0, 0.1) is 0 Å². The summed E-state index contributed by atoms with van der Waals surface area (Å²) in [6.45, 7) is 0.319. The standard InChI is InChI=1S/C9H8N2O3/c12-6-11-13-5-7-1-2-9-8(3-7)4-10-14-9/h1-4,6H,5H2,(H,11,12). The lowest BCUT2D eigenvalue weighted by molar-refractivity contribution is -0.121. The zero-order valence-corrected chi connectivity index (χ0v) is 7.27. The third kappa shape index (κ3) is 1.72. The molecule has 72 valence electrons. The molecular weight excluding hydrogens is 184 g/mol. The van der Waals surface area contributed by atoms with Gasteiger partial charge in [-0.2, -0.15) is 0 Å². The van der Waals surface area contributed by atoms with E-state index in [0.717, 1.165) is 16.5 Å². The molecule has 0 saturated carbocycles. The molecule has 0 atom stereocenters. The molecule has 0 fully saturated rings. The van der Waals surface area contributed by atoms with Gasteiger partial charge in [-0.05, 0) is 17.7 Å². The van der Waals surface area contributed by atoms with Crippen molar-refractivity contribution in [3.05, 3.63) is 30.0 Å². The first-order valence-corrected chi connectivity index (χ1v) is 4.04. The fraction of sp³-hybridized carbons (Fsp3) is 0.111. The van der Waals surface area contributed by atoms with Crippen LogP contribution in [0.25, 0.3) is 11.0 Å². The summed E-state index contributed by atoms with van der Waals surface area (Å²) in [4.78, 5) is 14.7. The van der Waals surface area contributed by atoms with E-state index in [-0.39, 0.29) is 0 Å². The van der Waals surface area contributed by atoms with Crippen LogP contribution in [0.1, 0.15) is 5.56 Å². The highest BCUT2D eigenvalue weighted by Crippen LogP contribution is 2.15. The van der Waals surface area contributed by atoms with Crippen molar-refractivity contribution in [2.45, 2.75) is 6.61 Å². The molecule has 5 nitrogen and oxygen atoms in total. The monoisotopic (exact) mass is 192 g/mol. The average molecular weight is 192 g/mol. The van der Waals surface area contributed by atoms with Crippen molar-refractivity contribution >= 4 is 17.4 Å². The third-order valence-corrected chi connectivity index (χ3v) is 1.79. The summed E-state index contributed by atoms with van der Waals surface area (Å²) in [5.74, 6) is 0. The molecule has 0 radical (unpaired) electrons. The van der Waals surface area contributed by atoms with Crippen LogP contribution in [-0.4, -0.2) is 11.6 Å². The molecule has 0 aliphatic rings. The summed E-state index contributed by atoms with van der Waals surface area (Å²) >= 11 is 0. The summed E-state index contributed by atoms with van der Waals surface area (Å²) in [5, 5.41) is 4.57. The Hall–Kier alpha value is -1.88. The molecule has 0 unspecified atom stereocenters. The highest BCUT2D eigenvalue weighted by Gasteiger charge is 1.99. The van der Waals surface area contributed by atoms with Crippen molar-refractivity contribution < 1.29 is 14.2 Å². The lowest BCUT2D eigenvalue weighted by Gasteiger charge is -2.00. The number of hydrogen-bond acceptors (Lipinski definition) is 4. The Kier molecular flexibility index (Phi) is 2.42. The molecule has 5 heteroatoms. The number of fused-ring (bicyclic) bond motifs is 1. The van der Waals surface area contributed by atoms with Crippen molar-refractivity contribution in [2.75, 3.05) is 0 Å². The van der Waals surface area contributed by atoms with Crippen LogP contribution in [-0.2, 0) is 16.2 Å². The average Bonchev–Trinajstić information content (AvgIpc) is 2.65. The Labute approximate surface area is 79.6 Å². The van der Waals surface area contributed by atoms with Crippen molar-refractivity contribution in [1.29, 1.82) is 0 Å². The molecule has 1 N–H and O–H groups in total. The van der Waals surface area contributed by atoms with E-state index in [0.29, 0.717) is 13.0 Å². The first-order valence-electron chi connectivity index (χ1n) is 4.04. The van der Waals surface area contributed by atoms with E-state index in [9.17, 15) is 4.79 Å². The topological polar surface area (TPSA) is 64.4 Å². The minimum Gasteiger partial charge on any atom is -0.356 e. The number of nitrogens with one attached hydrogen (secondary N) is 1. The van der Waals surface area contributed by atoms with Gasteiger partial charge in [-0.3, -0.25) is 9.63 Å². The summed E-state index contributed by atoms with van der Waals surface area (Å²) in [5.41, 5.74) is 3.79. The van der Waals surface area contributed by atoms with Crippen LogP contribution in [0.2, 0.25) is 0 Å². The predicted molar refractivity (Wildman–Crippen MR) is 48.0 cm³/mol. The molecule has 0 aliphatic carbocycles. The normalized spacial score (nSPS) is 10.3. The van der Waals surface area contributed by atoms with E-state index in [1.165, 1.54) is 0 Å². The van der Waals surface area contributed by atoms with Gasteiger partial charge in [0.2, 0.25) is 6.41 Å². The summed E-state index contributed by atoms with van der Waals surface area (Å²) < 4.78 is 4.94. The molecule has 2 rings (SSSR count). The second kappa shape index (κ2) is 3.89. The highest BCUT2D eigenvalue weighted by atomic mass is 16.6. The van der Waals surface area contributed by atoms with Gasteiger partial charge < -0.3 is 4.52 Å². The summed E-state index contributed by atoms with van der Waals surface area (Å²) in [7, 11) is 0. The van der Waals surface area contributed by atoms with Gasteiger partial charge >= 0.3 is 0 Å². The third-order valence-electron chi connectivity index (χ3n) is 1.79. The molecule has 14 heavy (non-hydrogen) atoms. The Morgan fingerprint density at radius 3 is 3.36 bits per heavy atom. The molecule has 0 aliphatic heterocycles.